The number of hydrogen-bond acceptors (Lipinski definition) is 4. The van der Waals surface area contributed by atoms with Crippen LogP contribution < -0.4 is 14.8 Å². The van der Waals surface area contributed by atoms with E-state index < -0.39 is 11.9 Å². The second-order valence-corrected chi connectivity index (χ2v) is 6.96. The fourth-order valence-corrected chi connectivity index (χ4v) is 2.92. The highest BCUT2D eigenvalue weighted by atomic mass is 35.5. The van der Waals surface area contributed by atoms with Crippen LogP contribution in [0.3, 0.4) is 0 Å². The van der Waals surface area contributed by atoms with Gasteiger partial charge in [-0.25, -0.2) is 4.79 Å². The van der Waals surface area contributed by atoms with E-state index in [1.165, 1.54) is 36.4 Å². The predicted molar refractivity (Wildman–Crippen MR) is 116 cm³/mol. The van der Waals surface area contributed by atoms with Crippen molar-refractivity contribution in [1.29, 1.82) is 0 Å². The number of carboxylic acid groups (broad SMARTS) is 1. The highest BCUT2D eigenvalue weighted by Crippen LogP contribution is 2.34. The number of rotatable bonds is 7. The summed E-state index contributed by atoms with van der Waals surface area (Å²) in [6.45, 7) is 0. The fraction of sp³-hybridized carbons (Fsp3) is 0.0476. The summed E-state index contributed by atoms with van der Waals surface area (Å²) in [7, 11) is 0. The minimum atomic E-state index is -1.06. The number of ether oxygens (including phenoxy) is 2. The van der Waals surface area contributed by atoms with Crippen molar-refractivity contribution in [1.82, 2.24) is 0 Å². The Balaban J connectivity index is 1.85. The number of carboxylic acids is 1. The third-order valence-corrected chi connectivity index (χ3v) is 4.76. The van der Waals surface area contributed by atoms with E-state index in [0.29, 0.717) is 17.2 Å². The Kier molecular flexibility index (Phi) is 7.05. The van der Waals surface area contributed by atoms with Gasteiger partial charge in [-0.3, -0.25) is 4.79 Å². The maximum Gasteiger partial charge on any atom is 0.335 e. The van der Waals surface area contributed by atoms with Crippen molar-refractivity contribution in [2.45, 2.75) is 0 Å². The molecule has 2 N–H and O–H groups in total. The van der Waals surface area contributed by atoms with E-state index in [0.717, 1.165) is 0 Å². The van der Waals surface area contributed by atoms with Crippen LogP contribution in [0.15, 0.2) is 60.7 Å². The van der Waals surface area contributed by atoms with Gasteiger partial charge in [-0.05, 0) is 54.6 Å². The summed E-state index contributed by atoms with van der Waals surface area (Å²) >= 11 is 17.7. The molecule has 0 aliphatic carbocycles. The largest absolute Gasteiger partial charge is 0.478 e. The van der Waals surface area contributed by atoms with Crippen LogP contribution in [0.5, 0.6) is 17.2 Å². The van der Waals surface area contributed by atoms with Gasteiger partial charge in [-0.1, -0.05) is 34.8 Å². The average molecular weight is 467 g/mol. The molecular weight excluding hydrogens is 453 g/mol. The highest BCUT2D eigenvalue weighted by Gasteiger charge is 2.17. The van der Waals surface area contributed by atoms with Crippen molar-refractivity contribution >= 4 is 52.4 Å². The van der Waals surface area contributed by atoms with E-state index in [1.54, 1.807) is 24.3 Å². The molecular formula is C21H14Cl3NO5. The first kappa shape index (κ1) is 21.8. The van der Waals surface area contributed by atoms with Gasteiger partial charge in [0.2, 0.25) is 0 Å². The normalized spacial score (nSPS) is 10.4. The van der Waals surface area contributed by atoms with Gasteiger partial charge in [0, 0.05) is 11.8 Å². The van der Waals surface area contributed by atoms with E-state index in [1.807, 2.05) is 0 Å². The monoisotopic (exact) mass is 465 g/mol. The van der Waals surface area contributed by atoms with Crippen LogP contribution in [-0.2, 0) is 0 Å². The molecule has 1 amide bonds. The Hall–Kier alpha value is -2.93. The molecule has 3 rings (SSSR count). The van der Waals surface area contributed by atoms with E-state index in [9.17, 15) is 9.59 Å². The van der Waals surface area contributed by atoms with E-state index in [-0.39, 0.29) is 33.0 Å². The third-order valence-electron chi connectivity index (χ3n) is 3.93. The van der Waals surface area contributed by atoms with Gasteiger partial charge < -0.3 is 19.9 Å². The zero-order valence-electron chi connectivity index (χ0n) is 15.2. The number of carbonyl (C=O) groups excluding carboxylic acids is 1. The second kappa shape index (κ2) is 9.71. The lowest BCUT2D eigenvalue weighted by Gasteiger charge is -2.13. The van der Waals surface area contributed by atoms with Crippen LogP contribution in [0, 0.1) is 0 Å². The molecule has 0 saturated carbocycles. The van der Waals surface area contributed by atoms with Crippen LogP contribution >= 0.6 is 34.8 Å². The standard InChI is InChI=1S/C21H14Cl3NO5/c22-11-29-14-5-7-15(8-6-14)30-19-10-18(24)17(23)9-16(19)20(26)25-13-3-1-12(2-4-13)21(27)28/h1-10H,11H2,(H,25,26)(H,27,28). The van der Waals surface area contributed by atoms with Gasteiger partial charge >= 0.3 is 5.97 Å². The number of carbonyl (C=O) groups is 2. The van der Waals surface area contributed by atoms with Crippen molar-refractivity contribution in [2.75, 3.05) is 11.4 Å². The lowest BCUT2D eigenvalue weighted by atomic mass is 10.1. The molecule has 154 valence electrons. The lowest BCUT2D eigenvalue weighted by molar-refractivity contribution is 0.0696. The van der Waals surface area contributed by atoms with Crippen molar-refractivity contribution in [3.63, 3.8) is 0 Å². The van der Waals surface area contributed by atoms with Gasteiger partial charge in [-0.15, -0.1) is 0 Å². The molecule has 0 aliphatic heterocycles. The molecule has 0 saturated heterocycles. The van der Waals surface area contributed by atoms with Crippen LogP contribution in [0.25, 0.3) is 0 Å². The first-order valence-corrected chi connectivity index (χ1v) is 9.77. The van der Waals surface area contributed by atoms with E-state index in [4.69, 9.17) is 49.4 Å². The molecule has 30 heavy (non-hydrogen) atoms. The minimum absolute atomic E-state index is 0.0186. The van der Waals surface area contributed by atoms with Crippen LogP contribution in [0.2, 0.25) is 10.0 Å². The molecule has 0 unspecified atom stereocenters. The van der Waals surface area contributed by atoms with Gasteiger partial charge in [0.1, 0.15) is 17.2 Å². The van der Waals surface area contributed by atoms with Gasteiger partial charge in [0.05, 0.1) is 21.2 Å². The molecule has 0 fully saturated rings. The summed E-state index contributed by atoms with van der Waals surface area (Å²) in [4.78, 5) is 23.8. The zero-order chi connectivity index (χ0) is 21.7. The first-order chi connectivity index (χ1) is 14.4. The van der Waals surface area contributed by atoms with Crippen LogP contribution in [0.4, 0.5) is 5.69 Å². The molecule has 0 aliphatic rings. The van der Waals surface area contributed by atoms with Gasteiger partial charge in [-0.2, -0.15) is 0 Å². The molecule has 0 radical (unpaired) electrons. The Labute approximate surface area is 186 Å². The van der Waals surface area contributed by atoms with Crippen molar-refractivity contribution in [2.24, 2.45) is 0 Å². The SMILES string of the molecule is O=C(O)c1ccc(NC(=O)c2cc(Cl)c(Cl)cc2Oc2ccc(OCCl)cc2)cc1. The molecule has 0 spiro atoms. The third kappa shape index (κ3) is 5.36. The quantitative estimate of drug-likeness (QED) is 0.398. The maximum atomic E-state index is 12.8. The molecule has 6 nitrogen and oxygen atoms in total. The number of hydrogen-bond donors (Lipinski definition) is 2. The summed E-state index contributed by atoms with van der Waals surface area (Å²) < 4.78 is 11.0. The summed E-state index contributed by atoms with van der Waals surface area (Å²) in [5.41, 5.74) is 0.658. The van der Waals surface area contributed by atoms with Crippen LogP contribution in [0.1, 0.15) is 20.7 Å². The summed E-state index contributed by atoms with van der Waals surface area (Å²) in [5.74, 6) is -0.372. The highest BCUT2D eigenvalue weighted by molar-refractivity contribution is 6.42. The Morgan fingerprint density at radius 3 is 2.10 bits per heavy atom. The summed E-state index contributed by atoms with van der Waals surface area (Å²) in [5, 5.41) is 12.0. The Bertz CT molecular complexity index is 1070. The number of anilines is 1. The van der Waals surface area contributed by atoms with Gasteiger partial charge in [0.15, 0.2) is 6.07 Å². The molecule has 0 heterocycles. The molecule has 0 atom stereocenters. The minimum Gasteiger partial charge on any atom is -0.478 e. The number of alkyl halides is 1. The summed E-state index contributed by atoms with van der Waals surface area (Å²) in [6.07, 6.45) is 0. The van der Waals surface area contributed by atoms with E-state index >= 15 is 0 Å². The molecule has 0 aromatic heterocycles. The predicted octanol–water partition coefficient (Wildman–Crippen LogP) is 6.31. The Morgan fingerprint density at radius 1 is 0.900 bits per heavy atom. The lowest BCUT2D eigenvalue weighted by Crippen LogP contribution is -2.13. The molecule has 3 aromatic rings. The zero-order valence-corrected chi connectivity index (χ0v) is 17.5. The number of aromatic carboxylic acids is 1. The van der Waals surface area contributed by atoms with Crippen molar-refractivity contribution in [3.8, 4) is 17.2 Å². The van der Waals surface area contributed by atoms with Crippen molar-refractivity contribution < 1.29 is 24.2 Å². The second-order valence-electron chi connectivity index (χ2n) is 5.93. The van der Waals surface area contributed by atoms with Gasteiger partial charge in [0.25, 0.3) is 5.91 Å². The van der Waals surface area contributed by atoms with Crippen molar-refractivity contribution in [3.05, 3.63) is 81.8 Å². The summed E-state index contributed by atoms with van der Waals surface area (Å²) in [6, 6.07) is 15.2. The average Bonchev–Trinajstić information content (AvgIpc) is 2.72. The molecule has 3 aromatic carbocycles. The van der Waals surface area contributed by atoms with Crippen LogP contribution in [-0.4, -0.2) is 23.0 Å². The first-order valence-electron chi connectivity index (χ1n) is 8.48. The van der Waals surface area contributed by atoms with E-state index in [2.05, 4.69) is 5.32 Å². The fourth-order valence-electron chi connectivity index (χ4n) is 2.48. The topological polar surface area (TPSA) is 84.9 Å². The molecule has 9 heteroatoms. The Morgan fingerprint density at radius 2 is 1.50 bits per heavy atom. The number of nitrogens with one attached hydrogen (secondary N) is 1. The number of amides is 1. The molecule has 0 bridgehead atoms. The number of halogens is 3. The maximum absolute atomic E-state index is 12.8. The number of benzene rings is 3. The smallest absolute Gasteiger partial charge is 0.335 e.